The highest BCUT2D eigenvalue weighted by Crippen LogP contribution is 2.16. The van der Waals surface area contributed by atoms with Crippen LogP contribution in [0.3, 0.4) is 0 Å². The molecular weight excluding hydrogens is 356 g/mol. The monoisotopic (exact) mass is 382 g/mol. The SMILES string of the molecule is CCCCOc1ccc(C(=O)Nc2ccc(C(=O)N3CCOCC3)cc2)cc1. The lowest BCUT2D eigenvalue weighted by atomic mass is 10.1. The van der Waals surface area contributed by atoms with Crippen LogP contribution in [-0.4, -0.2) is 49.6 Å². The molecule has 0 atom stereocenters. The zero-order valence-electron chi connectivity index (χ0n) is 16.1. The Kier molecular flexibility index (Phi) is 7.03. The number of nitrogens with one attached hydrogen (secondary N) is 1. The number of hydrogen-bond donors (Lipinski definition) is 1. The molecule has 0 unspecified atom stereocenters. The van der Waals surface area contributed by atoms with Gasteiger partial charge in [0.05, 0.1) is 19.8 Å². The molecule has 1 heterocycles. The van der Waals surface area contributed by atoms with Crippen LogP contribution in [0.4, 0.5) is 5.69 Å². The molecule has 0 bridgehead atoms. The molecule has 28 heavy (non-hydrogen) atoms. The molecule has 6 nitrogen and oxygen atoms in total. The zero-order chi connectivity index (χ0) is 19.8. The summed E-state index contributed by atoms with van der Waals surface area (Å²) in [5, 5.41) is 2.85. The van der Waals surface area contributed by atoms with E-state index >= 15 is 0 Å². The summed E-state index contributed by atoms with van der Waals surface area (Å²) in [6.07, 6.45) is 2.09. The number of unbranched alkanes of at least 4 members (excludes halogenated alkanes) is 1. The first kappa shape index (κ1) is 19.9. The third kappa shape index (κ3) is 5.33. The number of carbonyl (C=O) groups is 2. The lowest BCUT2D eigenvalue weighted by Crippen LogP contribution is -2.40. The first-order valence-electron chi connectivity index (χ1n) is 9.68. The maximum Gasteiger partial charge on any atom is 0.255 e. The van der Waals surface area contributed by atoms with E-state index in [2.05, 4.69) is 12.2 Å². The van der Waals surface area contributed by atoms with Crippen molar-refractivity contribution in [2.24, 2.45) is 0 Å². The van der Waals surface area contributed by atoms with Gasteiger partial charge in [0.15, 0.2) is 0 Å². The third-order valence-electron chi connectivity index (χ3n) is 4.57. The van der Waals surface area contributed by atoms with Gasteiger partial charge in [0.25, 0.3) is 11.8 Å². The number of anilines is 1. The molecule has 1 saturated heterocycles. The van der Waals surface area contributed by atoms with Crippen LogP contribution >= 0.6 is 0 Å². The standard InChI is InChI=1S/C22H26N2O4/c1-2-3-14-28-20-10-6-17(7-11-20)21(25)23-19-8-4-18(5-9-19)22(26)24-12-15-27-16-13-24/h4-11H,2-3,12-16H2,1H3,(H,23,25). The highest BCUT2D eigenvalue weighted by molar-refractivity contribution is 6.04. The van der Waals surface area contributed by atoms with Crippen molar-refractivity contribution < 1.29 is 19.1 Å². The molecule has 1 aliphatic heterocycles. The second-order valence-electron chi connectivity index (χ2n) is 6.66. The number of ether oxygens (including phenoxy) is 2. The fourth-order valence-corrected chi connectivity index (χ4v) is 2.89. The molecule has 2 amide bonds. The van der Waals surface area contributed by atoms with Gasteiger partial charge in [0, 0.05) is 29.9 Å². The summed E-state index contributed by atoms with van der Waals surface area (Å²) < 4.78 is 10.9. The number of amides is 2. The maximum atomic E-state index is 12.5. The van der Waals surface area contributed by atoms with Gasteiger partial charge >= 0.3 is 0 Å². The third-order valence-corrected chi connectivity index (χ3v) is 4.57. The second kappa shape index (κ2) is 9.90. The molecule has 6 heteroatoms. The fraction of sp³-hybridized carbons (Fsp3) is 0.364. The van der Waals surface area contributed by atoms with Crippen LogP contribution in [-0.2, 0) is 4.74 Å². The quantitative estimate of drug-likeness (QED) is 0.743. The van der Waals surface area contributed by atoms with Gasteiger partial charge in [-0.2, -0.15) is 0 Å². The van der Waals surface area contributed by atoms with Crippen LogP contribution in [0.25, 0.3) is 0 Å². The minimum atomic E-state index is -0.202. The number of morpholine rings is 1. The normalized spacial score (nSPS) is 13.8. The fourth-order valence-electron chi connectivity index (χ4n) is 2.89. The van der Waals surface area contributed by atoms with Crippen LogP contribution in [0, 0.1) is 0 Å². The molecule has 1 aliphatic rings. The molecule has 0 radical (unpaired) electrons. The number of carbonyl (C=O) groups excluding carboxylic acids is 2. The first-order valence-corrected chi connectivity index (χ1v) is 9.68. The molecule has 148 valence electrons. The lowest BCUT2D eigenvalue weighted by molar-refractivity contribution is 0.0303. The van der Waals surface area contributed by atoms with Crippen molar-refractivity contribution in [2.45, 2.75) is 19.8 Å². The Morgan fingerprint density at radius 3 is 2.29 bits per heavy atom. The van der Waals surface area contributed by atoms with Gasteiger partial charge in [-0.05, 0) is 55.0 Å². The Bertz CT molecular complexity index is 781. The molecule has 3 rings (SSSR count). The Labute approximate surface area is 165 Å². The van der Waals surface area contributed by atoms with Gasteiger partial charge in [0.1, 0.15) is 5.75 Å². The van der Waals surface area contributed by atoms with Gasteiger partial charge < -0.3 is 19.7 Å². The molecule has 0 saturated carbocycles. The van der Waals surface area contributed by atoms with Crippen molar-refractivity contribution in [3.8, 4) is 5.75 Å². The van der Waals surface area contributed by atoms with Crippen LogP contribution in [0.5, 0.6) is 5.75 Å². The lowest BCUT2D eigenvalue weighted by Gasteiger charge is -2.26. The van der Waals surface area contributed by atoms with Crippen LogP contribution in [0.1, 0.15) is 40.5 Å². The average Bonchev–Trinajstić information content (AvgIpc) is 2.75. The van der Waals surface area contributed by atoms with Crippen LogP contribution < -0.4 is 10.1 Å². The molecule has 2 aromatic carbocycles. The molecular formula is C22H26N2O4. The topological polar surface area (TPSA) is 67.9 Å². The van der Waals surface area contributed by atoms with Gasteiger partial charge in [-0.3, -0.25) is 9.59 Å². The first-order chi connectivity index (χ1) is 13.7. The van der Waals surface area contributed by atoms with Crippen molar-refractivity contribution >= 4 is 17.5 Å². The van der Waals surface area contributed by atoms with Crippen molar-refractivity contribution in [3.63, 3.8) is 0 Å². The van der Waals surface area contributed by atoms with Crippen LogP contribution in [0.15, 0.2) is 48.5 Å². The van der Waals surface area contributed by atoms with E-state index in [4.69, 9.17) is 9.47 Å². The summed E-state index contributed by atoms with van der Waals surface area (Å²) >= 11 is 0. The minimum Gasteiger partial charge on any atom is -0.494 e. The largest absolute Gasteiger partial charge is 0.494 e. The summed E-state index contributed by atoms with van der Waals surface area (Å²) in [4.78, 5) is 26.6. The minimum absolute atomic E-state index is 0.0140. The summed E-state index contributed by atoms with van der Waals surface area (Å²) in [5.41, 5.74) is 1.80. The van der Waals surface area contributed by atoms with E-state index in [1.807, 2.05) is 0 Å². The Hall–Kier alpha value is -2.86. The van der Waals surface area contributed by atoms with Gasteiger partial charge in [-0.15, -0.1) is 0 Å². The summed E-state index contributed by atoms with van der Waals surface area (Å²) in [6.45, 7) is 5.15. The van der Waals surface area contributed by atoms with Crippen molar-refractivity contribution in [1.82, 2.24) is 4.90 Å². The maximum absolute atomic E-state index is 12.5. The van der Waals surface area contributed by atoms with E-state index in [0.717, 1.165) is 18.6 Å². The average molecular weight is 382 g/mol. The highest BCUT2D eigenvalue weighted by Gasteiger charge is 2.18. The number of nitrogens with zero attached hydrogens (tertiary/aromatic N) is 1. The number of benzene rings is 2. The Morgan fingerprint density at radius 1 is 1.00 bits per heavy atom. The predicted molar refractivity (Wildman–Crippen MR) is 108 cm³/mol. The van der Waals surface area contributed by atoms with Gasteiger partial charge in [-0.25, -0.2) is 0 Å². The van der Waals surface area contributed by atoms with E-state index in [-0.39, 0.29) is 11.8 Å². The summed E-state index contributed by atoms with van der Waals surface area (Å²) in [7, 11) is 0. The summed E-state index contributed by atoms with van der Waals surface area (Å²) in [5.74, 6) is 0.545. The molecule has 0 aliphatic carbocycles. The van der Waals surface area contributed by atoms with Gasteiger partial charge in [-0.1, -0.05) is 13.3 Å². The van der Waals surface area contributed by atoms with E-state index in [1.165, 1.54) is 0 Å². The smallest absolute Gasteiger partial charge is 0.255 e. The van der Waals surface area contributed by atoms with E-state index in [9.17, 15) is 9.59 Å². The highest BCUT2D eigenvalue weighted by atomic mass is 16.5. The van der Waals surface area contributed by atoms with E-state index in [0.29, 0.717) is 49.7 Å². The summed E-state index contributed by atoms with van der Waals surface area (Å²) in [6, 6.07) is 14.0. The van der Waals surface area contributed by atoms with Crippen molar-refractivity contribution in [2.75, 3.05) is 38.2 Å². The molecule has 0 spiro atoms. The number of rotatable bonds is 7. The molecule has 1 N–H and O–H groups in total. The Balaban J connectivity index is 1.56. The second-order valence-corrected chi connectivity index (χ2v) is 6.66. The van der Waals surface area contributed by atoms with Crippen molar-refractivity contribution in [3.05, 3.63) is 59.7 Å². The number of hydrogen-bond acceptors (Lipinski definition) is 4. The molecule has 2 aromatic rings. The van der Waals surface area contributed by atoms with E-state index < -0.39 is 0 Å². The Morgan fingerprint density at radius 2 is 1.64 bits per heavy atom. The van der Waals surface area contributed by atoms with Crippen LogP contribution in [0.2, 0.25) is 0 Å². The molecule has 0 aromatic heterocycles. The van der Waals surface area contributed by atoms with Crippen molar-refractivity contribution in [1.29, 1.82) is 0 Å². The van der Waals surface area contributed by atoms with E-state index in [1.54, 1.807) is 53.4 Å². The molecule has 1 fully saturated rings. The van der Waals surface area contributed by atoms with Gasteiger partial charge in [0.2, 0.25) is 0 Å². The zero-order valence-corrected chi connectivity index (χ0v) is 16.1. The predicted octanol–water partition coefficient (Wildman–Crippen LogP) is 3.59.